The lowest BCUT2D eigenvalue weighted by Gasteiger charge is -2.25. The highest BCUT2D eigenvalue weighted by Gasteiger charge is 2.22. The van der Waals surface area contributed by atoms with Gasteiger partial charge in [-0.3, -0.25) is 4.98 Å². The molecule has 1 nitrogen and oxygen atoms in total. The van der Waals surface area contributed by atoms with Gasteiger partial charge < -0.3 is 0 Å². The second-order valence-corrected chi connectivity index (χ2v) is 7.02. The Bertz CT molecular complexity index is 853. The molecule has 0 bridgehead atoms. The van der Waals surface area contributed by atoms with Gasteiger partial charge in [0.15, 0.2) is 0 Å². The third-order valence-electron chi connectivity index (χ3n) is 4.91. The molecule has 1 atom stereocenters. The van der Waals surface area contributed by atoms with Crippen molar-refractivity contribution < 1.29 is 0 Å². The first-order valence-electron chi connectivity index (χ1n) is 8.57. The van der Waals surface area contributed by atoms with Crippen LogP contribution in [0.1, 0.15) is 36.9 Å². The van der Waals surface area contributed by atoms with E-state index in [2.05, 4.69) is 49.4 Å². The van der Waals surface area contributed by atoms with Crippen LogP contribution in [0.5, 0.6) is 0 Å². The van der Waals surface area contributed by atoms with Crippen molar-refractivity contribution in [2.75, 3.05) is 0 Å². The summed E-state index contributed by atoms with van der Waals surface area (Å²) in [5, 5.41) is 0.776. The van der Waals surface area contributed by atoms with Gasteiger partial charge >= 0.3 is 0 Å². The summed E-state index contributed by atoms with van der Waals surface area (Å²) in [6.45, 7) is 2.30. The van der Waals surface area contributed by atoms with Gasteiger partial charge in [-0.15, -0.1) is 0 Å². The molecule has 0 N–H and O–H groups in total. The Morgan fingerprint density at radius 3 is 2.46 bits per heavy atom. The molecule has 1 unspecified atom stereocenters. The van der Waals surface area contributed by atoms with Crippen LogP contribution in [0.2, 0.25) is 5.02 Å². The fourth-order valence-corrected chi connectivity index (χ4v) is 3.75. The van der Waals surface area contributed by atoms with Gasteiger partial charge in [0, 0.05) is 16.3 Å². The summed E-state index contributed by atoms with van der Waals surface area (Å²) in [5.74, 6) is 0.517. The summed E-state index contributed by atoms with van der Waals surface area (Å²) in [6.07, 6.45) is 3.57. The highest BCUT2D eigenvalue weighted by Crippen LogP contribution is 2.38. The number of aromatic nitrogens is 1. The number of fused-ring (bicyclic) bond motifs is 1. The van der Waals surface area contributed by atoms with Crippen LogP contribution in [-0.4, -0.2) is 4.98 Å². The smallest absolute Gasteiger partial charge is 0.0711 e. The molecule has 2 aromatic carbocycles. The van der Waals surface area contributed by atoms with E-state index in [1.165, 1.54) is 40.8 Å². The summed E-state index contributed by atoms with van der Waals surface area (Å²) in [6, 6.07) is 20.9. The molecule has 0 saturated heterocycles. The molecule has 0 aliphatic heterocycles. The topological polar surface area (TPSA) is 12.9 Å². The Morgan fingerprint density at radius 1 is 0.958 bits per heavy atom. The Morgan fingerprint density at radius 2 is 1.71 bits per heavy atom. The Hall–Kier alpha value is -2.12. The van der Waals surface area contributed by atoms with Crippen molar-refractivity contribution in [2.45, 2.75) is 32.1 Å². The summed E-state index contributed by atoms with van der Waals surface area (Å²) in [4.78, 5) is 5.04. The van der Waals surface area contributed by atoms with Crippen LogP contribution in [0, 0.1) is 0 Å². The lowest BCUT2D eigenvalue weighted by atomic mass is 9.83. The summed E-state index contributed by atoms with van der Waals surface area (Å²) >= 11 is 6.08. The molecular weight excluding hydrogens is 314 g/mol. The molecule has 1 aliphatic rings. The van der Waals surface area contributed by atoms with Gasteiger partial charge in [-0.25, -0.2) is 0 Å². The van der Waals surface area contributed by atoms with Crippen LogP contribution in [0.4, 0.5) is 0 Å². The molecule has 0 spiro atoms. The van der Waals surface area contributed by atoms with Crippen LogP contribution in [-0.2, 0) is 6.42 Å². The van der Waals surface area contributed by atoms with Crippen LogP contribution < -0.4 is 0 Å². The minimum atomic E-state index is 0.517. The number of benzene rings is 2. The third kappa shape index (κ3) is 2.85. The molecule has 0 saturated carbocycles. The van der Waals surface area contributed by atoms with Gasteiger partial charge in [-0.05, 0) is 60.1 Å². The second kappa shape index (κ2) is 6.41. The first kappa shape index (κ1) is 15.4. The average Bonchev–Trinajstić information content (AvgIpc) is 2.63. The van der Waals surface area contributed by atoms with E-state index < -0.39 is 0 Å². The van der Waals surface area contributed by atoms with E-state index in [-0.39, 0.29) is 0 Å². The fraction of sp³-hybridized carbons (Fsp3) is 0.227. The standard InChI is InChI=1S/C22H20ClN/c1-15-6-5-9-19-20(16-10-12-18(23)13-11-16)14-21(24-22(15)19)17-7-3-2-4-8-17/h2-4,7-8,10-15H,5-6,9H2,1H3. The van der Waals surface area contributed by atoms with Gasteiger partial charge in [-0.2, -0.15) is 0 Å². The van der Waals surface area contributed by atoms with Crippen LogP contribution in [0.3, 0.4) is 0 Å². The molecular formula is C22H20ClN. The van der Waals surface area contributed by atoms with Crippen molar-refractivity contribution in [1.82, 2.24) is 4.98 Å². The summed E-state index contributed by atoms with van der Waals surface area (Å²) < 4.78 is 0. The molecule has 2 heteroatoms. The average molecular weight is 334 g/mol. The van der Waals surface area contributed by atoms with Gasteiger partial charge in [0.1, 0.15) is 0 Å². The van der Waals surface area contributed by atoms with E-state index in [9.17, 15) is 0 Å². The van der Waals surface area contributed by atoms with Crippen molar-refractivity contribution in [2.24, 2.45) is 0 Å². The highest BCUT2D eigenvalue weighted by molar-refractivity contribution is 6.30. The van der Waals surface area contributed by atoms with Crippen molar-refractivity contribution in [3.05, 3.63) is 76.9 Å². The molecule has 1 aromatic heterocycles. The maximum atomic E-state index is 6.08. The summed E-state index contributed by atoms with van der Waals surface area (Å²) in [5.41, 5.74) is 7.45. The highest BCUT2D eigenvalue weighted by atomic mass is 35.5. The summed E-state index contributed by atoms with van der Waals surface area (Å²) in [7, 11) is 0. The monoisotopic (exact) mass is 333 g/mol. The van der Waals surface area contributed by atoms with Crippen molar-refractivity contribution in [3.8, 4) is 22.4 Å². The van der Waals surface area contributed by atoms with E-state index in [4.69, 9.17) is 16.6 Å². The van der Waals surface area contributed by atoms with E-state index in [0.717, 1.165) is 17.1 Å². The zero-order valence-corrected chi connectivity index (χ0v) is 14.6. The minimum Gasteiger partial charge on any atom is -0.252 e. The molecule has 24 heavy (non-hydrogen) atoms. The minimum absolute atomic E-state index is 0.517. The van der Waals surface area contributed by atoms with Crippen LogP contribution in [0.25, 0.3) is 22.4 Å². The Labute approximate surface area is 148 Å². The first-order valence-corrected chi connectivity index (χ1v) is 8.95. The fourth-order valence-electron chi connectivity index (χ4n) is 3.63. The van der Waals surface area contributed by atoms with Crippen LogP contribution in [0.15, 0.2) is 60.7 Å². The molecule has 0 fully saturated rings. The number of hydrogen-bond acceptors (Lipinski definition) is 1. The molecule has 120 valence electrons. The predicted molar refractivity (Wildman–Crippen MR) is 101 cm³/mol. The Balaban J connectivity index is 1.94. The molecule has 4 rings (SSSR count). The number of pyridine rings is 1. The van der Waals surface area contributed by atoms with Gasteiger partial charge in [0.2, 0.25) is 0 Å². The molecule has 0 amide bonds. The molecule has 3 aromatic rings. The Kier molecular flexibility index (Phi) is 4.12. The lowest BCUT2D eigenvalue weighted by Crippen LogP contribution is -2.11. The zero-order valence-electron chi connectivity index (χ0n) is 13.8. The third-order valence-corrected chi connectivity index (χ3v) is 5.16. The normalized spacial score (nSPS) is 16.7. The first-order chi connectivity index (χ1) is 11.7. The molecule has 1 heterocycles. The van der Waals surface area contributed by atoms with E-state index in [1.54, 1.807) is 0 Å². The van der Waals surface area contributed by atoms with Crippen molar-refractivity contribution in [3.63, 3.8) is 0 Å². The number of halogens is 1. The van der Waals surface area contributed by atoms with Gasteiger partial charge in [0.05, 0.1) is 5.69 Å². The van der Waals surface area contributed by atoms with Gasteiger partial charge in [0.25, 0.3) is 0 Å². The molecule has 1 aliphatic carbocycles. The maximum Gasteiger partial charge on any atom is 0.0711 e. The maximum absolute atomic E-state index is 6.08. The van der Waals surface area contributed by atoms with Crippen molar-refractivity contribution in [1.29, 1.82) is 0 Å². The predicted octanol–water partition coefficient (Wildman–Crippen LogP) is 6.51. The second-order valence-electron chi connectivity index (χ2n) is 6.59. The number of hydrogen-bond donors (Lipinski definition) is 0. The quantitative estimate of drug-likeness (QED) is 0.521. The number of nitrogens with zero attached hydrogens (tertiary/aromatic N) is 1. The SMILES string of the molecule is CC1CCCc2c(-c3ccc(Cl)cc3)cc(-c3ccccc3)nc21. The molecule has 0 radical (unpaired) electrons. The van der Waals surface area contributed by atoms with Crippen molar-refractivity contribution >= 4 is 11.6 Å². The zero-order chi connectivity index (χ0) is 16.5. The lowest BCUT2D eigenvalue weighted by molar-refractivity contribution is 0.575. The number of rotatable bonds is 2. The largest absolute Gasteiger partial charge is 0.252 e. The van der Waals surface area contributed by atoms with E-state index >= 15 is 0 Å². The van der Waals surface area contributed by atoms with Crippen LogP contribution >= 0.6 is 11.6 Å². The van der Waals surface area contributed by atoms with Gasteiger partial charge in [-0.1, -0.05) is 61.0 Å². The van der Waals surface area contributed by atoms with E-state index in [0.29, 0.717) is 5.92 Å². The van der Waals surface area contributed by atoms with E-state index in [1.807, 2.05) is 18.2 Å².